The van der Waals surface area contributed by atoms with E-state index < -0.39 is 23.8 Å². The van der Waals surface area contributed by atoms with Crippen molar-refractivity contribution in [3.8, 4) is 0 Å². The largest absolute Gasteiger partial charge is 0.465 e. The van der Waals surface area contributed by atoms with Crippen LogP contribution < -0.4 is 5.32 Å². The number of methoxy groups -OCH3 is 1. The number of rotatable bonds is 7. The summed E-state index contributed by atoms with van der Waals surface area (Å²) in [5.41, 5.74) is 1.45. The summed E-state index contributed by atoms with van der Waals surface area (Å²) in [6, 6.07) is -1.13. The maximum Gasteiger partial charge on any atom is 0.339 e. The lowest BCUT2D eigenvalue weighted by Crippen LogP contribution is -2.36. The molecule has 3 amide bonds. The van der Waals surface area contributed by atoms with Crippen LogP contribution >= 0.6 is 0 Å². The lowest BCUT2D eigenvalue weighted by Gasteiger charge is -2.12. The number of hydrogen-bond acceptors (Lipinski definition) is 5. The third-order valence-electron chi connectivity index (χ3n) is 4.36. The predicted molar refractivity (Wildman–Crippen MR) is 89.5 cm³/mol. The zero-order chi connectivity index (χ0) is 18.7. The van der Waals surface area contributed by atoms with Crippen molar-refractivity contribution in [1.29, 1.82) is 0 Å². The molecular formula is C17H23N3O5. The standard InChI is InChI=1S/C17H23N3O5/c1-5-6-7-11-15(22)20(17(24)19-11)8-12(21)14-9(2)13(10(3)18-14)16(23)25-4/h11,18H,5-8H2,1-4H3,(H,19,24). The van der Waals surface area contributed by atoms with Gasteiger partial charge in [0, 0.05) is 5.69 Å². The highest BCUT2D eigenvalue weighted by molar-refractivity contribution is 6.10. The summed E-state index contributed by atoms with van der Waals surface area (Å²) < 4.78 is 4.71. The van der Waals surface area contributed by atoms with Crippen molar-refractivity contribution in [1.82, 2.24) is 15.2 Å². The Morgan fingerprint density at radius 2 is 1.92 bits per heavy atom. The quantitative estimate of drug-likeness (QED) is 0.442. The summed E-state index contributed by atoms with van der Waals surface area (Å²) in [6.45, 7) is 4.91. The number of ether oxygens (including phenoxy) is 1. The number of unbranched alkanes of at least 4 members (excludes halogenated alkanes) is 1. The molecule has 1 unspecified atom stereocenters. The highest BCUT2D eigenvalue weighted by atomic mass is 16.5. The van der Waals surface area contributed by atoms with Crippen LogP contribution in [0.1, 0.15) is 58.3 Å². The lowest BCUT2D eigenvalue weighted by molar-refractivity contribution is -0.127. The number of urea groups is 1. The molecule has 1 saturated heterocycles. The lowest BCUT2D eigenvalue weighted by atomic mass is 10.1. The molecule has 8 heteroatoms. The molecule has 1 fully saturated rings. The van der Waals surface area contributed by atoms with E-state index in [9.17, 15) is 19.2 Å². The first-order valence-electron chi connectivity index (χ1n) is 8.24. The molecule has 0 radical (unpaired) electrons. The SMILES string of the molecule is CCCCC1NC(=O)N(CC(=O)c2[nH]c(C)c(C(=O)OC)c2C)C1=O. The number of nitrogens with one attached hydrogen (secondary N) is 2. The van der Waals surface area contributed by atoms with Crippen LogP contribution in [0.25, 0.3) is 0 Å². The topological polar surface area (TPSA) is 109 Å². The normalized spacial score (nSPS) is 17.0. The Morgan fingerprint density at radius 1 is 1.24 bits per heavy atom. The molecular weight excluding hydrogens is 326 g/mol. The molecule has 0 aliphatic carbocycles. The summed E-state index contributed by atoms with van der Waals surface area (Å²) in [4.78, 5) is 52.4. The van der Waals surface area contributed by atoms with Gasteiger partial charge >= 0.3 is 12.0 Å². The Morgan fingerprint density at radius 3 is 2.52 bits per heavy atom. The number of nitrogens with zero attached hydrogens (tertiary/aromatic N) is 1. The van der Waals surface area contributed by atoms with Crippen LogP contribution in [-0.4, -0.2) is 53.3 Å². The summed E-state index contributed by atoms with van der Waals surface area (Å²) in [5, 5.41) is 2.60. The number of esters is 1. The van der Waals surface area contributed by atoms with Crippen molar-refractivity contribution in [2.24, 2.45) is 0 Å². The minimum absolute atomic E-state index is 0.204. The number of H-pyrrole nitrogens is 1. The van der Waals surface area contributed by atoms with E-state index >= 15 is 0 Å². The van der Waals surface area contributed by atoms with Gasteiger partial charge in [-0.2, -0.15) is 0 Å². The molecule has 2 rings (SSSR count). The van der Waals surface area contributed by atoms with Crippen LogP contribution in [-0.2, 0) is 9.53 Å². The van der Waals surface area contributed by atoms with E-state index in [0.29, 0.717) is 23.2 Å². The number of ketones is 1. The number of Topliss-reactive ketones (excluding diaryl/α,β-unsaturated/α-hetero) is 1. The van der Waals surface area contributed by atoms with E-state index in [-0.39, 0.29) is 18.1 Å². The molecule has 0 spiro atoms. The van der Waals surface area contributed by atoms with Gasteiger partial charge in [-0.15, -0.1) is 0 Å². The van der Waals surface area contributed by atoms with E-state index in [2.05, 4.69) is 10.3 Å². The Labute approximate surface area is 145 Å². The Bertz CT molecular complexity index is 722. The Kier molecular flexibility index (Phi) is 5.61. The fourth-order valence-corrected chi connectivity index (χ4v) is 2.99. The second kappa shape index (κ2) is 7.50. The van der Waals surface area contributed by atoms with E-state index in [4.69, 9.17) is 4.74 Å². The average Bonchev–Trinajstić information content (AvgIpc) is 3.02. The number of carbonyl (C=O) groups excluding carboxylic acids is 4. The Balaban J connectivity index is 2.16. The van der Waals surface area contributed by atoms with Crippen molar-refractivity contribution in [2.75, 3.05) is 13.7 Å². The molecule has 136 valence electrons. The van der Waals surface area contributed by atoms with Crippen molar-refractivity contribution in [2.45, 2.75) is 46.1 Å². The minimum Gasteiger partial charge on any atom is -0.465 e. The highest BCUT2D eigenvalue weighted by Gasteiger charge is 2.39. The molecule has 0 aromatic carbocycles. The second-order valence-corrected chi connectivity index (χ2v) is 6.11. The first kappa shape index (κ1) is 18.7. The number of aromatic nitrogens is 1. The van der Waals surface area contributed by atoms with Crippen molar-refractivity contribution < 1.29 is 23.9 Å². The average molecular weight is 349 g/mol. The van der Waals surface area contributed by atoms with Gasteiger partial charge in [0.25, 0.3) is 5.91 Å². The van der Waals surface area contributed by atoms with Gasteiger partial charge in [-0.3, -0.25) is 14.5 Å². The smallest absolute Gasteiger partial charge is 0.339 e. The molecule has 1 aromatic heterocycles. The third-order valence-corrected chi connectivity index (χ3v) is 4.36. The molecule has 1 aliphatic heterocycles. The summed E-state index contributed by atoms with van der Waals surface area (Å²) in [5.74, 6) is -1.36. The van der Waals surface area contributed by atoms with Gasteiger partial charge in [-0.25, -0.2) is 9.59 Å². The molecule has 0 saturated carbocycles. The van der Waals surface area contributed by atoms with Crippen LogP contribution in [0.15, 0.2) is 0 Å². The molecule has 2 heterocycles. The van der Waals surface area contributed by atoms with Crippen LogP contribution in [0.2, 0.25) is 0 Å². The van der Waals surface area contributed by atoms with Crippen LogP contribution in [0, 0.1) is 13.8 Å². The first-order valence-corrected chi connectivity index (χ1v) is 8.24. The van der Waals surface area contributed by atoms with Gasteiger partial charge in [0.15, 0.2) is 5.78 Å². The summed E-state index contributed by atoms with van der Waals surface area (Å²) in [6.07, 6.45) is 2.28. The first-order chi connectivity index (χ1) is 11.8. The zero-order valence-electron chi connectivity index (χ0n) is 14.9. The van der Waals surface area contributed by atoms with Crippen LogP contribution in [0.4, 0.5) is 4.79 Å². The molecule has 2 N–H and O–H groups in total. The monoisotopic (exact) mass is 349 g/mol. The number of aromatic amines is 1. The van der Waals surface area contributed by atoms with Crippen LogP contribution in [0.3, 0.4) is 0 Å². The van der Waals surface area contributed by atoms with E-state index in [1.54, 1.807) is 13.8 Å². The summed E-state index contributed by atoms with van der Waals surface area (Å²) >= 11 is 0. The molecule has 25 heavy (non-hydrogen) atoms. The third kappa shape index (κ3) is 3.57. The number of aryl methyl sites for hydroxylation is 1. The number of imide groups is 1. The fourth-order valence-electron chi connectivity index (χ4n) is 2.99. The van der Waals surface area contributed by atoms with Crippen molar-refractivity contribution in [3.63, 3.8) is 0 Å². The number of carbonyl (C=O) groups is 4. The molecule has 8 nitrogen and oxygen atoms in total. The maximum absolute atomic E-state index is 12.6. The van der Waals surface area contributed by atoms with Crippen molar-refractivity contribution >= 4 is 23.7 Å². The fraction of sp³-hybridized carbons (Fsp3) is 0.529. The molecule has 0 bridgehead atoms. The van der Waals surface area contributed by atoms with Crippen molar-refractivity contribution in [3.05, 3.63) is 22.5 Å². The molecule has 1 aliphatic rings. The minimum atomic E-state index is -0.572. The van der Waals surface area contributed by atoms with E-state index in [1.807, 2.05) is 6.92 Å². The predicted octanol–water partition coefficient (Wildman–Crippen LogP) is 1.71. The Hall–Kier alpha value is -2.64. The van der Waals surface area contributed by atoms with Gasteiger partial charge < -0.3 is 15.0 Å². The number of amides is 3. The molecule has 1 aromatic rings. The zero-order valence-corrected chi connectivity index (χ0v) is 14.9. The van der Waals surface area contributed by atoms with Gasteiger partial charge in [0.05, 0.1) is 24.9 Å². The highest BCUT2D eigenvalue weighted by Crippen LogP contribution is 2.20. The maximum atomic E-state index is 12.6. The van der Waals surface area contributed by atoms with E-state index in [1.165, 1.54) is 7.11 Å². The van der Waals surface area contributed by atoms with E-state index in [0.717, 1.165) is 17.7 Å². The summed E-state index contributed by atoms with van der Waals surface area (Å²) in [7, 11) is 1.26. The molecule has 1 atom stereocenters. The van der Waals surface area contributed by atoms with Gasteiger partial charge in [-0.05, 0) is 25.8 Å². The van der Waals surface area contributed by atoms with Gasteiger partial charge in [0.2, 0.25) is 0 Å². The number of hydrogen-bond donors (Lipinski definition) is 2. The van der Waals surface area contributed by atoms with Gasteiger partial charge in [0.1, 0.15) is 6.04 Å². The van der Waals surface area contributed by atoms with Crippen LogP contribution in [0.5, 0.6) is 0 Å². The second-order valence-electron chi connectivity index (χ2n) is 6.11. The van der Waals surface area contributed by atoms with Gasteiger partial charge in [-0.1, -0.05) is 19.8 Å².